The molecule has 0 fully saturated rings. The summed E-state index contributed by atoms with van der Waals surface area (Å²) in [5.74, 6) is 0.146. The summed E-state index contributed by atoms with van der Waals surface area (Å²) >= 11 is 0. The van der Waals surface area contributed by atoms with Gasteiger partial charge in [0.15, 0.2) is 0 Å². The van der Waals surface area contributed by atoms with Crippen molar-refractivity contribution < 1.29 is 12.6 Å². The second-order valence-corrected chi connectivity index (χ2v) is 8.05. The van der Waals surface area contributed by atoms with Gasteiger partial charge in [-0.2, -0.15) is 13.5 Å². The third-order valence-electron chi connectivity index (χ3n) is 4.32. The second kappa shape index (κ2) is 8.80. The van der Waals surface area contributed by atoms with Crippen molar-refractivity contribution in [3.8, 4) is 22.7 Å². The maximum absolute atomic E-state index is 12.7. The summed E-state index contributed by atoms with van der Waals surface area (Å²) in [5.41, 5.74) is 5.37. The Morgan fingerprint density at radius 3 is 2.42 bits per heavy atom. The Balaban J connectivity index is 1.72. The summed E-state index contributed by atoms with van der Waals surface area (Å²) < 4.78 is 32.4. The first-order valence-electron chi connectivity index (χ1n) is 9.38. The smallest absolute Gasteiger partial charge is 0.339 e. The van der Waals surface area contributed by atoms with Crippen LogP contribution in [0.15, 0.2) is 95.1 Å². The molecule has 0 radical (unpaired) electrons. The first-order valence-corrected chi connectivity index (χ1v) is 10.8. The number of benzene rings is 3. The lowest BCUT2D eigenvalue weighted by Gasteiger charge is -2.09. The van der Waals surface area contributed by atoms with E-state index in [-0.39, 0.29) is 10.6 Å². The Kier molecular flexibility index (Phi) is 5.76. The van der Waals surface area contributed by atoms with Crippen LogP contribution in [0.1, 0.15) is 5.56 Å². The Morgan fingerprint density at radius 1 is 1.00 bits per heavy atom. The molecule has 0 aliphatic heterocycles. The molecule has 0 spiro atoms. The van der Waals surface area contributed by atoms with Crippen LogP contribution in [-0.4, -0.2) is 36.7 Å². The summed E-state index contributed by atoms with van der Waals surface area (Å²) in [6, 6.07) is 22.6. The van der Waals surface area contributed by atoms with Gasteiger partial charge in [-0.3, -0.25) is 0 Å². The number of hydrogen-bond acceptors (Lipinski definition) is 7. The van der Waals surface area contributed by atoms with E-state index in [0.29, 0.717) is 16.8 Å². The first kappa shape index (κ1) is 20.3. The third kappa shape index (κ3) is 4.78. The van der Waals surface area contributed by atoms with Gasteiger partial charge in [-0.05, 0) is 48.0 Å². The van der Waals surface area contributed by atoms with Gasteiger partial charge >= 0.3 is 10.1 Å². The zero-order valence-electron chi connectivity index (χ0n) is 16.6. The Morgan fingerprint density at radius 2 is 1.71 bits per heavy atom. The maximum atomic E-state index is 12.7. The number of rotatable bonds is 7. The normalized spacial score (nSPS) is 11.5. The summed E-state index contributed by atoms with van der Waals surface area (Å²) in [4.78, 5) is 0.0702. The summed E-state index contributed by atoms with van der Waals surface area (Å²) in [5, 5.41) is 12.4. The molecule has 1 aromatic heterocycles. The quantitative estimate of drug-likeness (QED) is 0.273. The van der Waals surface area contributed by atoms with Gasteiger partial charge < -0.3 is 9.61 Å². The second-order valence-electron chi connectivity index (χ2n) is 6.51. The fraction of sp³-hybridized carbons (Fsp3) is 0.0455. The molecule has 0 saturated heterocycles. The molecule has 4 rings (SSSR count). The minimum atomic E-state index is -3.99. The number of hydrazone groups is 1. The van der Waals surface area contributed by atoms with E-state index in [2.05, 4.69) is 20.8 Å². The molecule has 0 atom stereocenters. The Labute approximate surface area is 179 Å². The molecular formula is C22H19N5O3S. The SMILES string of the molecule is CN/N=C/c1cc(OS(=O)(=O)c2ccccc2)cc(-c2cn(-c3ccccc3)nn2)c1. The molecule has 0 aliphatic carbocycles. The molecule has 8 nitrogen and oxygen atoms in total. The summed E-state index contributed by atoms with van der Waals surface area (Å²) in [6.45, 7) is 0. The molecule has 1 N–H and O–H groups in total. The van der Waals surface area contributed by atoms with Gasteiger partial charge in [0.1, 0.15) is 16.3 Å². The van der Waals surface area contributed by atoms with Crippen molar-refractivity contribution in [3.63, 3.8) is 0 Å². The topological polar surface area (TPSA) is 98.5 Å². The van der Waals surface area contributed by atoms with Crippen LogP contribution in [0.5, 0.6) is 5.75 Å². The number of nitrogens with one attached hydrogen (secondary N) is 1. The average molecular weight is 433 g/mol. The standard InChI is InChI=1S/C22H19N5O3S/c1-23-24-15-17-12-18(22-16-27(26-25-22)19-8-4-2-5-9-19)14-20(13-17)30-31(28,29)21-10-6-3-7-11-21/h2-16,23H,1H3/b24-15+. The van der Waals surface area contributed by atoms with Gasteiger partial charge in [0, 0.05) is 12.6 Å². The zero-order valence-corrected chi connectivity index (χ0v) is 17.4. The molecule has 1 heterocycles. The number of hydrogen-bond donors (Lipinski definition) is 1. The van der Waals surface area contributed by atoms with Crippen molar-refractivity contribution in [2.24, 2.45) is 5.10 Å². The van der Waals surface area contributed by atoms with Crippen LogP contribution in [0, 0.1) is 0 Å². The average Bonchev–Trinajstić information content (AvgIpc) is 3.29. The summed E-state index contributed by atoms with van der Waals surface area (Å²) in [7, 11) is -2.32. The highest BCUT2D eigenvalue weighted by Crippen LogP contribution is 2.27. The van der Waals surface area contributed by atoms with Crippen LogP contribution in [0.25, 0.3) is 16.9 Å². The van der Waals surface area contributed by atoms with Crippen LogP contribution in [0.3, 0.4) is 0 Å². The van der Waals surface area contributed by atoms with Crippen LogP contribution < -0.4 is 9.61 Å². The van der Waals surface area contributed by atoms with Gasteiger partial charge in [0.25, 0.3) is 0 Å². The fourth-order valence-corrected chi connectivity index (χ4v) is 3.83. The molecule has 0 unspecified atom stereocenters. The minimum Gasteiger partial charge on any atom is -0.379 e. The summed E-state index contributed by atoms with van der Waals surface area (Å²) in [6.07, 6.45) is 3.33. The van der Waals surface area contributed by atoms with Crippen molar-refractivity contribution in [3.05, 3.63) is 90.6 Å². The maximum Gasteiger partial charge on any atom is 0.339 e. The van der Waals surface area contributed by atoms with E-state index in [4.69, 9.17) is 4.18 Å². The molecule has 0 aliphatic rings. The van der Waals surface area contributed by atoms with Crippen LogP contribution in [0.2, 0.25) is 0 Å². The van der Waals surface area contributed by atoms with Crippen LogP contribution in [0.4, 0.5) is 0 Å². The molecule has 9 heteroatoms. The number of aromatic nitrogens is 3. The van der Waals surface area contributed by atoms with E-state index < -0.39 is 10.1 Å². The Bertz CT molecular complexity index is 1300. The van der Waals surface area contributed by atoms with E-state index in [9.17, 15) is 8.42 Å². The van der Waals surface area contributed by atoms with E-state index in [1.807, 2.05) is 36.4 Å². The number of para-hydroxylation sites is 1. The van der Waals surface area contributed by atoms with Crippen LogP contribution in [-0.2, 0) is 10.1 Å². The lowest BCUT2D eigenvalue weighted by molar-refractivity contribution is 0.486. The highest BCUT2D eigenvalue weighted by molar-refractivity contribution is 7.87. The zero-order chi connectivity index (χ0) is 21.7. The van der Waals surface area contributed by atoms with Crippen molar-refractivity contribution in [1.29, 1.82) is 0 Å². The van der Waals surface area contributed by atoms with E-state index in [1.165, 1.54) is 12.1 Å². The van der Waals surface area contributed by atoms with Crippen molar-refractivity contribution in [1.82, 2.24) is 20.4 Å². The number of nitrogens with zero attached hydrogens (tertiary/aromatic N) is 4. The molecule has 156 valence electrons. The predicted octanol–water partition coefficient (Wildman–Crippen LogP) is 3.26. The monoisotopic (exact) mass is 433 g/mol. The molecule has 4 aromatic rings. The highest BCUT2D eigenvalue weighted by Gasteiger charge is 2.17. The molecular weight excluding hydrogens is 414 g/mol. The molecule has 3 aromatic carbocycles. The fourth-order valence-electron chi connectivity index (χ4n) is 2.90. The van der Waals surface area contributed by atoms with Crippen molar-refractivity contribution in [2.45, 2.75) is 4.90 Å². The van der Waals surface area contributed by atoms with Gasteiger partial charge in [-0.1, -0.05) is 41.6 Å². The molecule has 0 saturated carbocycles. The van der Waals surface area contributed by atoms with Crippen LogP contribution >= 0.6 is 0 Å². The lowest BCUT2D eigenvalue weighted by Crippen LogP contribution is -2.10. The van der Waals surface area contributed by atoms with Gasteiger partial charge in [0.2, 0.25) is 0 Å². The highest BCUT2D eigenvalue weighted by atomic mass is 32.2. The molecule has 0 amide bonds. The molecule has 0 bridgehead atoms. The van der Waals surface area contributed by atoms with Gasteiger partial charge in [-0.15, -0.1) is 5.10 Å². The van der Waals surface area contributed by atoms with E-state index >= 15 is 0 Å². The largest absolute Gasteiger partial charge is 0.379 e. The predicted molar refractivity (Wildman–Crippen MR) is 118 cm³/mol. The van der Waals surface area contributed by atoms with Gasteiger partial charge in [0.05, 0.1) is 18.1 Å². The van der Waals surface area contributed by atoms with Crippen molar-refractivity contribution in [2.75, 3.05) is 7.05 Å². The lowest BCUT2D eigenvalue weighted by atomic mass is 10.1. The van der Waals surface area contributed by atoms with Gasteiger partial charge in [-0.25, -0.2) is 4.68 Å². The minimum absolute atomic E-state index is 0.0702. The third-order valence-corrected chi connectivity index (χ3v) is 5.58. The molecule has 31 heavy (non-hydrogen) atoms. The van der Waals surface area contributed by atoms with E-state index in [1.54, 1.807) is 54.5 Å². The van der Waals surface area contributed by atoms with Crippen molar-refractivity contribution >= 4 is 16.3 Å². The Hall–Kier alpha value is -3.98. The van der Waals surface area contributed by atoms with E-state index in [0.717, 1.165) is 5.69 Å². The first-order chi connectivity index (χ1) is 15.0.